The summed E-state index contributed by atoms with van der Waals surface area (Å²) in [6.45, 7) is 6.23. The highest BCUT2D eigenvalue weighted by molar-refractivity contribution is 5.78. The van der Waals surface area contributed by atoms with Crippen LogP contribution in [0, 0.1) is 6.92 Å². The summed E-state index contributed by atoms with van der Waals surface area (Å²) in [4.78, 5) is 19.2. The lowest BCUT2D eigenvalue weighted by Crippen LogP contribution is -2.47. The molecule has 1 fully saturated rings. The number of carbonyl (C=O) groups excluding carboxylic acids is 1. The summed E-state index contributed by atoms with van der Waals surface area (Å²) in [5, 5.41) is 5.54. The Morgan fingerprint density at radius 1 is 1.42 bits per heavy atom. The molecule has 6 heteroatoms. The van der Waals surface area contributed by atoms with E-state index in [2.05, 4.69) is 24.2 Å². The van der Waals surface area contributed by atoms with Gasteiger partial charge < -0.3 is 9.64 Å². The molecule has 0 bridgehead atoms. The Hall–Kier alpha value is -1.95. The zero-order valence-corrected chi connectivity index (χ0v) is 15.0. The summed E-state index contributed by atoms with van der Waals surface area (Å²) in [6.07, 6.45) is 2.48. The smallest absolute Gasteiger partial charge is 0.224 e. The van der Waals surface area contributed by atoms with Gasteiger partial charge in [-0.3, -0.25) is 9.48 Å². The monoisotopic (exact) mass is 330 g/mol. The lowest BCUT2D eigenvalue weighted by molar-refractivity contribution is -0.134. The molecule has 1 aliphatic rings. The summed E-state index contributed by atoms with van der Waals surface area (Å²) in [5.74, 6) is 0.167. The van der Waals surface area contributed by atoms with Gasteiger partial charge >= 0.3 is 0 Å². The van der Waals surface area contributed by atoms with Crippen molar-refractivity contribution in [3.05, 3.63) is 23.5 Å². The topological polar surface area (TPSA) is 60.2 Å². The van der Waals surface area contributed by atoms with E-state index in [0.717, 1.165) is 41.8 Å². The molecule has 6 nitrogen and oxygen atoms in total. The van der Waals surface area contributed by atoms with Crippen LogP contribution in [0.15, 0.2) is 12.1 Å². The first-order chi connectivity index (χ1) is 11.4. The van der Waals surface area contributed by atoms with Gasteiger partial charge in [0.15, 0.2) is 5.65 Å². The molecule has 1 aliphatic heterocycles. The third-order valence-electron chi connectivity index (χ3n) is 5.06. The van der Waals surface area contributed by atoms with E-state index in [4.69, 9.17) is 9.72 Å². The highest BCUT2D eigenvalue weighted by atomic mass is 16.5. The van der Waals surface area contributed by atoms with Crippen molar-refractivity contribution >= 4 is 16.9 Å². The van der Waals surface area contributed by atoms with Crippen molar-refractivity contribution in [2.75, 3.05) is 26.8 Å². The largest absolute Gasteiger partial charge is 0.384 e. The Balaban J connectivity index is 1.87. The molecule has 2 aromatic heterocycles. The minimum Gasteiger partial charge on any atom is -0.384 e. The molecule has 0 radical (unpaired) electrons. The highest BCUT2D eigenvalue weighted by Crippen LogP contribution is 2.34. The van der Waals surface area contributed by atoms with E-state index < -0.39 is 0 Å². The van der Waals surface area contributed by atoms with Crippen LogP contribution in [0.5, 0.6) is 0 Å². The number of nitrogens with zero attached hydrogens (tertiary/aromatic N) is 4. The summed E-state index contributed by atoms with van der Waals surface area (Å²) >= 11 is 0. The molecule has 0 spiro atoms. The zero-order valence-electron chi connectivity index (χ0n) is 15.0. The Bertz CT molecular complexity index is 755. The van der Waals surface area contributed by atoms with Crippen molar-refractivity contribution in [2.45, 2.75) is 38.5 Å². The normalized spacial score (nSPS) is 21.4. The van der Waals surface area contributed by atoms with Crippen LogP contribution in [0.25, 0.3) is 11.0 Å². The van der Waals surface area contributed by atoms with Crippen LogP contribution in [-0.2, 0) is 22.0 Å². The number of hydrogen-bond acceptors (Lipinski definition) is 4. The molecule has 0 unspecified atom stereocenters. The fourth-order valence-electron chi connectivity index (χ4n) is 3.65. The highest BCUT2D eigenvalue weighted by Gasteiger charge is 2.36. The molecule has 1 atom stereocenters. The lowest BCUT2D eigenvalue weighted by Gasteiger charge is -2.40. The lowest BCUT2D eigenvalue weighted by atomic mass is 9.78. The van der Waals surface area contributed by atoms with Gasteiger partial charge in [0.1, 0.15) is 0 Å². The molecular formula is C18H26N4O2. The van der Waals surface area contributed by atoms with Gasteiger partial charge in [-0.1, -0.05) is 6.92 Å². The number of pyridine rings is 1. The Morgan fingerprint density at radius 2 is 2.21 bits per heavy atom. The van der Waals surface area contributed by atoms with Crippen molar-refractivity contribution in [1.82, 2.24) is 19.7 Å². The van der Waals surface area contributed by atoms with Gasteiger partial charge in [-0.15, -0.1) is 0 Å². The van der Waals surface area contributed by atoms with Crippen LogP contribution in [0.4, 0.5) is 0 Å². The zero-order chi connectivity index (χ0) is 17.3. The quantitative estimate of drug-likeness (QED) is 0.862. The number of ether oxygens (including phenoxy) is 1. The van der Waals surface area contributed by atoms with Gasteiger partial charge in [-0.25, -0.2) is 4.98 Å². The predicted molar refractivity (Wildman–Crippen MR) is 92.9 cm³/mol. The molecule has 1 saturated heterocycles. The molecule has 3 rings (SSSR count). The average molecular weight is 330 g/mol. The molecule has 2 aromatic rings. The minimum absolute atomic E-state index is 0.118. The van der Waals surface area contributed by atoms with Crippen LogP contribution >= 0.6 is 0 Å². The maximum atomic E-state index is 12.4. The molecule has 0 saturated carbocycles. The minimum atomic E-state index is -0.118. The summed E-state index contributed by atoms with van der Waals surface area (Å²) in [7, 11) is 3.55. The van der Waals surface area contributed by atoms with Crippen LogP contribution in [0.3, 0.4) is 0 Å². The molecule has 0 N–H and O–H groups in total. The fourth-order valence-corrected chi connectivity index (χ4v) is 3.65. The Labute approximate surface area is 142 Å². The third-order valence-corrected chi connectivity index (χ3v) is 5.06. The number of amides is 1. The van der Waals surface area contributed by atoms with E-state index in [1.54, 1.807) is 7.11 Å². The maximum Gasteiger partial charge on any atom is 0.224 e. The molecule has 0 aliphatic carbocycles. The van der Waals surface area contributed by atoms with Crippen molar-refractivity contribution in [3.8, 4) is 0 Å². The van der Waals surface area contributed by atoms with Gasteiger partial charge in [-0.2, -0.15) is 5.10 Å². The number of rotatable bonds is 4. The maximum absolute atomic E-state index is 12.4. The standard InChI is InChI=1S/C18H26N4O2/c1-13-14-6-7-15(19-17(14)21(3)20-13)18(2)9-5-10-22(12-18)16(23)8-11-24-4/h6-7H,5,8-12H2,1-4H3/t18-/m1/s1. The first-order valence-electron chi connectivity index (χ1n) is 8.52. The predicted octanol–water partition coefficient (Wildman–Crippen LogP) is 2.19. The van der Waals surface area contributed by atoms with E-state index in [-0.39, 0.29) is 11.3 Å². The first-order valence-corrected chi connectivity index (χ1v) is 8.52. The average Bonchev–Trinajstić information content (AvgIpc) is 2.86. The van der Waals surface area contributed by atoms with E-state index in [1.807, 2.05) is 23.6 Å². The summed E-state index contributed by atoms with van der Waals surface area (Å²) in [6, 6.07) is 4.21. The van der Waals surface area contributed by atoms with Gasteiger partial charge in [-0.05, 0) is 31.9 Å². The number of aryl methyl sites for hydroxylation is 2. The van der Waals surface area contributed by atoms with Crippen LogP contribution in [-0.4, -0.2) is 52.4 Å². The number of fused-ring (bicyclic) bond motifs is 1. The fraction of sp³-hybridized carbons (Fsp3) is 0.611. The van der Waals surface area contributed by atoms with Crippen LogP contribution in [0.1, 0.15) is 37.6 Å². The second-order valence-electron chi connectivity index (χ2n) is 7.00. The number of hydrogen-bond donors (Lipinski definition) is 0. The molecule has 3 heterocycles. The SMILES string of the molecule is COCCC(=O)N1CCC[C@@](C)(c2ccc3c(C)nn(C)c3n2)C1. The van der Waals surface area contributed by atoms with Crippen molar-refractivity contribution in [1.29, 1.82) is 0 Å². The van der Waals surface area contributed by atoms with E-state index in [9.17, 15) is 4.79 Å². The Morgan fingerprint density at radius 3 is 2.96 bits per heavy atom. The Kier molecular flexibility index (Phi) is 4.58. The van der Waals surface area contributed by atoms with E-state index >= 15 is 0 Å². The van der Waals surface area contributed by atoms with E-state index in [1.165, 1.54) is 0 Å². The number of likely N-dealkylation sites (tertiary alicyclic amines) is 1. The van der Waals surface area contributed by atoms with Gasteiger partial charge in [0.25, 0.3) is 0 Å². The summed E-state index contributed by atoms with van der Waals surface area (Å²) in [5.41, 5.74) is 2.83. The van der Waals surface area contributed by atoms with Crippen LogP contribution in [0.2, 0.25) is 0 Å². The number of piperidine rings is 1. The van der Waals surface area contributed by atoms with E-state index in [0.29, 0.717) is 19.6 Å². The number of aromatic nitrogens is 3. The van der Waals surface area contributed by atoms with Crippen molar-refractivity contribution in [2.24, 2.45) is 7.05 Å². The third kappa shape index (κ3) is 3.02. The van der Waals surface area contributed by atoms with Crippen molar-refractivity contribution in [3.63, 3.8) is 0 Å². The summed E-state index contributed by atoms with van der Waals surface area (Å²) < 4.78 is 6.87. The second kappa shape index (κ2) is 6.51. The molecular weight excluding hydrogens is 304 g/mol. The number of carbonyl (C=O) groups is 1. The second-order valence-corrected chi connectivity index (χ2v) is 7.00. The van der Waals surface area contributed by atoms with Crippen molar-refractivity contribution < 1.29 is 9.53 Å². The number of methoxy groups -OCH3 is 1. The van der Waals surface area contributed by atoms with Gasteiger partial charge in [0, 0.05) is 38.0 Å². The van der Waals surface area contributed by atoms with Crippen LogP contribution < -0.4 is 0 Å². The molecule has 0 aromatic carbocycles. The first kappa shape index (κ1) is 16.9. The molecule has 130 valence electrons. The molecule has 24 heavy (non-hydrogen) atoms. The van der Waals surface area contributed by atoms with Gasteiger partial charge in [0.2, 0.25) is 5.91 Å². The molecule has 1 amide bonds. The van der Waals surface area contributed by atoms with Gasteiger partial charge in [0.05, 0.1) is 24.4 Å².